The maximum atomic E-state index is 5.80. The maximum Gasteiger partial charge on any atom is 0.191 e. The van der Waals surface area contributed by atoms with Gasteiger partial charge in [0.25, 0.3) is 0 Å². The van der Waals surface area contributed by atoms with E-state index in [1.54, 1.807) is 6.26 Å². The summed E-state index contributed by atoms with van der Waals surface area (Å²) in [5.41, 5.74) is 1.28. The van der Waals surface area contributed by atoms with Crippen molar-refractivity contribution in [2.24, 2.45) is 4.99 Å². The van der Waals surface area contributed by atoms with E-state index in [1.807, 2.05) is 12.1 Å². The Morgan fingerprint density at radius 1 is 1.17 bits per heavy atom. The third-order valence-electron chi connectivity index (χ3n) is 5.82. The van der Waals surface area contributed by atoms with Crippen LogP contribution < -0.4 is 15.4 Å². The molecule has 3 heterocycles. The third-order valence-corrected chi connectivity index (χ3v) is 5.82. The molecule has 29 heavy (non-hydrogen) atoms. The molecule has 0 aliphatic carbocycles. The zero-order chi connectivity index (χ0) is 19.9. The second-order valence-corrected chi connectivity index (χ2v) is 7.75. The molecule has 2 aliphatic heterocycles. The van der Waals surface area contributed by atoms with Crippen LogP contribution in [0.25, 0.3) is 0 Å². The minimum Gasteiger partial charge on any atom is -0.493 e. The lowest BCUT2D eigenvalue weighted by molar-refractivity contribution is 0.221. The van der Waals surface area contributed by atoms with E-state index in [1.165, 1.54) is 18.4 Å². The van der Waals surface area contributed by atoms with Crippen LogP contribution >= 0.6 is 0 Å². The number of nitrogens with one attached hydrogen (secondary N) is 2. The highest BCUT2D eigenvalue weighted by Gasteiger charge is 2.26. The number of hydrogen-bond acceptors (Lipinski definition) is 4. The highest BCUT2D eigenvalue weighted by Crippen LogP contribution is 2.32. The SMILES string of the molecule is CCNC(=NCC(c1ccco1)N1CCCC1)NCC1CCOc2ccccc21. The van der Waals surface area contributed by atoms with Gasteiger partial charge in [-0.25, -0.2) is 0 Å². The van der Waals surface area contributed by atoms with Crippen LogP contribution in [0.3, 0.4) is 0 Å². The molecule has 1 aromatic heterocycles. The number of nitrogens with zero attached hydrogens (tertiary/aromatic N) is 2. The van der Waals surface area contributed by atoms with E-state index in [0.29, 0.717) is 12.5 Å². The van der Waals surface area contributed by atoms with E-state index >= 15 is 0 Å². The van der Waals surface area contributed by atoms with Gasteiger partial charge < -0.3 is 19.8 Å². The molecule has 0 saturated carbocycles. The fraction of sp³-hybridized carbons (Fsp3) is 0.522. The molecule has 1 fully saturated rings. The molecular formula is C23H32N4O2. The summed E-state index contributed by atoms with van der Waals surface area (Å²) in [5, 5.41) is 6.95. The van der Waals surface area contributed by atoms with Gasteiger partial charge in [0.2, 0.25) is 0 Å². The molecule has 4 rings (SSSR count). The van der Waals surface area contributed by atoms with Gasteiger partial charge >= 0.3 is 0 Å². The van der Waals surface area contributed by atoms with E-state index in [-0.39, 0.29) is 6.04 Å². The van der Waals surface area contributed by atoms with E-state index in [0.717, 1.165) is 56.7 Å². The van der Waals surface area contributed by atoms with Crippen LogP contribution in [0.1, 0.15) is 49.5 Å². The average Bonchev–Trinajstić information content (AvgIpc) is 3.47. The summed E-state index contributed by atoms with van der Waals surface area (Å²) in [6, 6.07) is 12.6. The zero-order valence-corrected chi connectivity index (χ0v) is 17.3. The van der Waals surface area contributed by atoms with Crippen LogP contribution in [0.15, 0.2) is 52.1 Å². The molecule has 1 aromatic carbocycles. The van der Waals surface area contributed by atoms with Crippen LogP contribution in [0.2, 0.25) is 0 Å². The van der Waals surface area contributed by atoms with Gasteiger partial charge in [-0.05, 0) is 63.0 Å². The minimum atomic E-state index is 0.201. The third kappa shape index (κ3) is 4.93. The number of rotatable bonds is 7. The number of aliphatic imine (C=N–C) groups is 1. The molecular weight excluding hydrogens is 364 g/mol. The van der Waals surface area contributed by atoms with Crippen LogP contribution in [-0.4, -0.2) is 50.2 Å². The Morgan fingerprint density at radius 2 is 2.03 bits per heavy atom. The predicted octanol–water partition coefficient (Wildman–Crippen LogP) is 3.54. The van der Waals surface area contributed by atoms with Crippen molar-refractivity contribution in [3.8, 4) is 5.75 Å². The summed E-state index contributed by atoms with van der Waals surface area (Å²) >= 11 is 0. The smallest absolute Gasteiger partial charge is 0.191 e. The summed E-state index contributed by atoms with van der Waals surface area (Å²) in [6.07, 6.45) is 5.28. The number of fused-ring (bicyclic) bond motifs is 1. The van der Waals surface area contributed by atoms with E-state index in [9.17, 15) is 0 Å². The van der Waals surface area contributed by atoms with E-state index in [4.69, 9.17) is 14.1 Å². The lowest BCUT2D eigenvalue weighted by Crippen LogP contribution is -2.40. The van der Waals surface area contributed by atoms with Crippen molar-refractivity contribution in [3.05, 3.63) is 54.0 Å². The van der Waals surface area contributed by atoms with Gasteiger partial charge in [0.05, 0.1) is 25.5 Å². The molecule has 0 amide bonds. The van der Waals surface area contributed by atoms with Gasteiger partial charge in [-0.3, -0.25) is 9.89 Å². The van der Waals surface area contributed by atoms with Crippen molar-refractivity contribution in [2.75, 3.05) is 39.3 Å². The normalized spacial score (nSPS) is 20.7. The van der Waals surface area contributed by atoms with Gasteiger partial charge in [-0.1, -0.05) is 18.2 Å². The van der Waals surface area contributed by atoms with Gasteiger partial charge in [-0.15, -0.1) is 0 Å². The topological polar surface area (TPSA) is 62.0 Å². The molecule has 6 heteroatoms. The fourth-order valence-corrected chi connectivity index (χ4v) is 4.29. The van der Waals surface area contributed by atoms with Crippen molar-refractivity contribution in [2.45, 2.75) is 38.1 Å². The molecule has 2 atom stereocenters. The Balaban J connectivity index is 1.42. The van der Waals surface area contributed by atoms with E-state index < -0.39 is 0 Å². The van der Waals surface area contributed by atoms with Crippen molar-refractivity contribution >= 4 is 5.96 Å². The molecule has 2 aromatic rings. The first kappa shape index (κ1) is 19.8. The van der Waals surface area contributed by atoms with Crippen LogP contribution in [0, 0.1) is 0 Å². The lowest BCUT2D eigenvalue weighted by Gasteiger charge is -2.27. The summed E-state index contributed by atoms with van der Waals surface area (Å²) in [4.78, 5) is 7.40. The van der Waals surface area contributed by atoms with E-state index in [2.05, 4.69) is 46.7 Å². The molecule has 0 radical (unpaired) electrons. The van der Waals surface area contributed by atoms with Crippen LogP contribution in [0.4, 0.5) is 0 Å². The zero-order valence-electron chi connectivity index (χ0n) is 17.3. The minimum absolute atomic E-state index is 0.201. The number of furan rings is 1. The van der Waals surface area contributed by atoms with Gasteiger partial charge in [-0.2, -0.15) is 0 Å². The molecule has 2 N–H and O–H groups in total. The average molecular weight is 397 g/mol. The first-order valence-corrected chi connectivity index (χ1v) is 10.9. The number of hydrogen-bond donors (Lipinski definition) is 2. The summed E-state index contributed by atoms with van der Waals surface area (Å²) in [7, 11) is 0. The second kappa shape index (κ2) is 9.83. The molecule has 6 nitrogen and oxygen atoms in total. The van der Waals surface area contributed by atoms with Gasteiger partial charge in [0, 0.05) is 19.0 Å². The first-order chi connectivity index (χ1) is 14.3. The molecule has 2 aliphatic rings. The second-order valence-electron chi connectivity index (χ2n) is 7.75. The Hall–Kier alpha value is -2.47. The van der Waals surface area contributed by atoms with Gasteiger partial charge in [0.15, 0.2) is 5.96 Å². The van der Waals surface area contributed by atoms with Crippen LogP contribution in [-0.2, 0) is 0 Å². The van der Waals surface area contributed by atoms with Crippen molar-refractivity contribution in [3.63, 3.8) is 0 Å². The number of para-hydroxylation sites is 1. The number of ether oxygens (including phenoxy) is 1. The summed E-state index contributed by atoms with van der Waals surface area (Å²) < 4.78 is 11.5. The standard InChI is InChI=1S/C23H32N4O2/c1-2-24-23(25-16-18-11-15-29-21-9-4-3-8-19(18)21)26-17-20(22-10-7-14-28-22)27-12-5-6-13-27/h3-4,7-10,14,18,20H,2,5-6,11-13,15-17H2,1H3,(H2,24,25,26). The van der Waals surface area contributed by atoms with Crippen LogP contribution in [0.5, 0.6) is 5.75 Å². The number of likely N-dealkylation sites (tertiary alicyclic amines) is 1. The molecule has 0 spiro atoms. The van der Waals surface area contributed by atoms with Crippen molar-refractivity contribution < 1.29 is 9.15 Å². The molecule has 156 valence electrons. The quantitative estimate of drug-likeness (QED) is 0.554. The largest absolute Gasteiger partial charge is 0.493 e. The predicted molar refractivity (Wildman–Crippen MR) is 116 cm³/mol. The fourth-order valence-electron chi connectivity index (χ4n) is 4.29. The number of benzene rings is 1. The highest BCUT2D eigenvalue weighted by molar-refractivity contribution is 5.79. The Morgan fingerprint density at radius 3 is 2.83 bits per heavy atom. The highest BCUT2D eigenvalue weighted by atomic mass is 16.5. The lowest BCUT2D eigenvalue weighted by atomic mass is 9.93. The molecule has 0 bridgehead atoms. The number of guanidine groups is 1. The Kier molecular flexibility index (Phi) is 6.72. The molecule has 1 saturated heterocycles. The molecule has 2 unspecified atom stereocenters. The Bertz CT molecular complexity index is 784. The summed E-state index contributed by atoms with van der Waals surface area (Å²) in [5.74, 6) is 3.32. The maximum absolute atomic E-state index is 5.80. The van der Waals surface area contributed by atoms with Gasteiger partial charge in [0.1, 0.15) is 11.5 Å². The summed E-state index contributed by atoms with van der Waals surface area (Å²) in [6.45, 7) is 7.48. The Labute approximate surface area is 173 Å². The van der Waals surface area contributed by atoms with Crippen molar-refractivity contribution in [1.29, 1.82) is 0 Å². The van der Waals surface area contributed by atoms with Crippen molar-refractivity contribution in [1.82, 2.24) is 15.5 Å². The first-order valence-electron chi connectivity index (χ1n) is 10.9. The monoisotopic (exact) mass is 396 g/mol.